The van der Waals surface area contributed by atoms with Crippen molar-refractivity contribution < 1.29 is 8.42 Å². The van der Waals surface area contributed by atoms with Gasteiger partial charge in [-0.3, -0.25) is 4.90 Å². The highest BCUT2D eigenvalue weighted by atomic mass is 32.2. The number of sulfonamides is 1. The molecule has 1 aliphatic heterocycles. The molecule has 24 heavy (non-hydrogen) atoms. The van der Waals surface area contributed by atoms with Crippen LogP contribution in [0.1, 0.15) is 18.4 Å². The Balaban J connectivity index is 1.86. The van der Waals surface area contributed by atoms with E-state index >= 15 is 0 Å². The summed E-state index contributed by atoms with van der Waals surface area (Å²) in [6, 6.07) is 13.5. The van der Waals surface area contributed by atoms with Crippen molar-refractivity contribution in [3.05, 3.63) is 35.9 Å². The van der Waals surface area contributed by atoms with Gasteiger partial charge in [0.1, 0.15) is 0 Å². The third-order valence-corrected chi connectivity index (χ3v) is 6.03. The lowest BCUT2D eigenvalue weighted by Gasteiger charge is -2.34. The Morgan fingerprint density at radius 1 is 1.08 bits per heavy atom. The topological polar surface area (TPSA) is 88.2 Å². The molecule has 128 valence electrons. The largest absolute Gasteiger partial charge is 0.299 e. The van der Waals surface area contributed by atoms with Gasteiger partial charge in [0.2, 0.25) is 10.0 Å². The molecule has 0 spiro atoms. The monoisotopic (exact) mass is 346 g/mol. The van der Waals surface area contributed by atoms with Gasteiger partial charge in [-0.2, -0.15) is 14.8 Å². The molecule has 0 aliphatic carbocycles. The van der Waals surface area contributed by atoms with E-state index in [1.807, 2.05) is 30.3 Å². The second-order valence-electron chi connectivity index (χ2n) is 5.96. The van der Waals surface area contributed by atoms with Crippen LogP contribution in [0.25, 0.3) is 0 Å². The molecule has 0 bridgehead atoms. The van der Waals surface area contributed by atoms with Gasteiger partial charge in [-0.1, -0.05) is 30.3 Å². The summed E-state index contributed by atoms with van der Waals surface area (Å²) in [5.41, 5.74) is 0.793. The molecule has 0 radical (unpaired) electrons. The lowest BCUT2D eigenvalue weighted by atomic mass is 10.0. The molecule has 0 unspecified atom stereocenters. The van der Waals surface area contributed by atoms with Crippen LogP contribution >= 0.6 is 0 Å². The average molecular weight is 346 g/mol. The van der Waals surface area contributed by atoms with Gasteiger partial charge in [-0.05, 0) is 12.0 Å². The summed E-state index contributed by atoms with van der Waals surface area (Å²) in [5, 5.41) is 17.8. The van der Waals surface area contributed by atoms with Gasteiger partial charge in [0.25, 0.3) is 0 Å². The number of benzene rings is 1. The number of nitriles is 2. The second-order valence-corrected chi connectivity index (χ2v) is 7.93. The zero-order chi connectivity index (χ0) is 17.4. The smallest absolute Gasteiger partial charge is 0.218 e. The molecule has 1 saturated heterocycles. The summed E-state index contributed by atoms with van der Waals surface area (Å²) >= 11 is 0. The zero-order valence-corrected chi connectivity index (χ0v) is 14.5. The summed E-state index contributed by atoms with van der Waals surface area (Å²) in [6.07, 6.45) is 0.948. The van der Waals surface area contributed by atoms with Crippen LogP contribution in [-0.4, -0.2) is 50.3 Å². The van der Waals surface area contributed by atoms with E-state index in [0.717, 1.165) is 5.56 Å². The Labute approximate surface area is 144 Å². The van der Waals surface area contributed by atoms with Crippen molar-refractivity contribution in [1.29, 1.82) is 10.5 Å². The number of hydrogen-bond donors (Lipinski definition) is 0. The third-order valence-electron chi connectivity index (χ3n) is 4.18. The number of hydrogen-bond acceptors (Lipinski definition) is 5. The summed E-state index contributed by atoms with van der Waals surface area (Å²) < 4.78 is 26.5. The summed E-state index contributed by atoms with van der Waals surface area (Å²) in [6.45, 7) is 2.75. The highest BCUT2D eigenvalue weighted by Crippen LogP contribution is 2.15. The van der Waals surface area contributed by atoms with E-state index in [1.165, 1.54) is 4.31 Å². The Morgan fingerprint density at radius 3 is 2.33 bits per heavy atom. The van der Waals surface area contributed by atoms with Gasteiger partial charge < -0.3 is 0 Å². The maximum atomic E-state index is 12.5. The number of rotatable bonds is 7. The highest BCUT2D eigenvalue weighted by Gasteiger charge is 2.27. The summed E-state index contributed by atoms with van der Waals surface area (Å²) in [7, 11) is -3.31. The predicted molar refractivity (Wildman–Crippen MR) is 91.0 cm³/mol. The fraction of sp³-hybridized carbons (Fsp3) is 0.529. The Hall–Kier alpha value is -1.93. The van der Waals surface area contributed by atoms with Gasteiger partial charge in [0.05, 0.1) is 23.8 Å². The molecule has 1 aromatic carbocycles. The number of piperazine rings is 1. The number of nitrogens with zero attached hydrogens (tertiary/aromatic N) is 4. The fourth-order valence-electron chi connectivity index (χ4n) is 2.81. The fourth-order valence-corrected chi connectivity index (χ4v) is 4.33. The van der Waals surface area contributed by atoms with Crippen LogP contribution in [0.15, 0.2) is 30.3 Å². The molecule has 1 heterocycles. The average Bonchev–Trinajstić information content (AvgIpc) is 2.59. The highest BCUT2D eigenvalue weighted by molar-refractivity contribution is 7.88. The Kier molecular flexibility index (Phi) is 6.74. The van der Waals surface area contributed by atoms with Crippen LogP contribution in [0.3, 0.4) is 0 Å². The van der Waals surface area contributed by atoms with Gasteiger partial charge in [-0.25, -0.2) is 8.42 Å². The molecule has 0 amide bonds. The van der Waals surface area contributed by atoms with Crippen molar-refractivity contribution in [3.8, 4) is 12.1 Å². The van der Waals surface area contributed by atoms with Crippen molar-refractivity contribution in [2.24, 2.45) is 5.92 Å². The second kappa shape index (κ2) is 8.79. The minimum Gasteiger partial charge on any atom is -0.299 e. The van der Waals surface area contributed by atoms with Crippen LogP contribution < -0.4 is 0 Å². The van der Waals surface area contributed by atoms with Crippen molar-refractivity contribution in [3.63, 3.8) is 0 Å². The maximum absolute atomic E-state index is 12.5. The first-order valence-electron chi connectivity index (χ1n) is 8.06. The van der Waals surface area contributed by atoms with Crippen molar-refractivity contribution >= 4 is 10.0 Å². The van der Waals surface area contributed by atoms with Crippen molar-refractivity contribution in [2.45, 2.75) is 18.6 Å². The Bertz CT molecular complexity index is 698. The summed E-state index contributed by atoms with van der Waals surface area (Å²) in [5.74, 6) is -0.145. The molecule has 0 saturated carbocycles. The molecule has 1 aliphatic rings. The van der Waals surface area contributed by atoms with Gasteiger partial charge in [0.15, 0.2) is 0 Å². The van der Waals surface area contributed by atoms with Crippen LogP contribution in [-0.2, 0) is 15.8 Å². The first kappa shape index (κ1) is 18.4. The molecule has 6 nitrogen and oxygen atoms in total. The molecule has 1 fully saturated rings. The van der Waals surface area contributed by atoms with E-state index in [9.17, 15) is 8.42 Å². The van der Waals surface area contributed by atoms with E-state index in [-0.39, 0.29) is 11.7 Å². The van der Waals surface area contributed by atoms with Crippen LogP contribution in [0.2, 0.25) is 0 Å². The molecule has 0 N–H and O–H groups in total. The lowest BCUT2D eigenvalue weighted by Crippen LogP contribution is -2.49. The molecular weight excluding hydrogens is 324 g/mol. The van der Waals surface area contributed by atoms with Crippen molar-refractivity contribution in [2.75, 3.05) is 32.7 Å². The van der Waals surface area contributed by atoms with Crippen LogP contribution in [0, 0.1) is 28.6 Å². The molecular formula is C17H22N4O2S. The molecule has 1 atom stereocenters. The summed E-state index contributed by atoms with van der Waals surface area (Å²) in [4.78, 5) is 2.11. The molecule has 1 aromatic rings. The van der Waals surface area contributed by atoms with Gasteiger partial charge in [-0.15, -0.1) is 0 Å². The first-order chi connectivity index (χ1) is 11.5. The third kappa shape index (κ3) is 5.31. The minimum absolute atomic E-state index is 0.0246. The predicted octanol–water partition coefficient (Wildman–Crippen LogP) is 1.58. The molecule has 7 heteroatoms. The minimum atomic E-state index is -3.31. The van der Waals surface area contributed by atoms with E-state index in [0.29, 0.717) is 45.6 Å². The van der Waals surface area contributed by atoms with Crippen molar-refractivity contribution in [1.82, 2.24) is 9.21 Å². The van der Waals surface area contributed by atoms with Crippen LogP contribution in [0.4, 0.5) is 0 Å². The van der Waals surface area contributed by atoms with E-state index in [1.54, 1.807) is 0 Å². The first-order valence-corrected chi connectivity index (χ1v) is 9.67. The van der Waals surface area contributed by atoms with Crippen LogP contribution in [0.5, 0.6) is 0 Å². The molecule has 2 rings (SSSR count). The van der Waals surface area contributed by atoms with Gasteiger partial charge in [0, 0.05) is 39.1 Å². The van der Waals surface area contributed by atoms with E-state index < -0.39 is 10.0 Å². The van der Waals surface area contributed by atoms with E-state index in [4.69, 9.17) is 10.5 Å². The van der Waals surface area contributed by atoms with E-state index in [2.05, 4.69) is 17.0 Å². The maximum Gasteiger partial charge on any atom is 0.218 e. The lowest BCUT2D eigenvalue weighted by molar-refractivity contribution is 0.173. The standard InChI is InChI=1S/C17H22N4O2S/c18-8-4-7-17(13-19)14-20-9-11-21(12-10-20)24(22,23)15-16-5-2-1-3-6-16/h1-3,5-6,17H,4,7,9-12,14-15H2/t17-/m1/s1. The normalized spacial score (nSPS) is 17.8. The molecule has 0 aromatic heterocycles. The Morgan fingerprint density at radius 2 is 1.75 bits per heavy atom. The SMILES string of the molecule is N#CCC[C@H](C#N)CN1CCN(S(=O)(=O)Cc2ccccc2)CC1. The van der Waals surface area contributed by atoms with Gasteiger partial charge >= 0.3 is 0 Å². The zero-order valence-electron chi connectivity index (χ0n) is 13.6. The quantitative estimate of drug-likeness (QED) is 0.748.